The largest absolute Gasteiger partial charge is 0.497 e. The minimum atomic E-state index is 0.481. The Hall–Kier alpha value is -2.14. The van der Waals surface area contributed by atoms with E-state index < -0.39 is 0 Å². The highest BCUT2D eigenvalue weighted by molar-refractivity contribution is 5.34. The third kappa shape index (κ3) is 3.67. The molecule has 5 nitrogen and oxygen atoms in total. The molecule has 126 valence electrons. The van der Waals surface area contributed by atoms with Gasteiger partial charge in [-0.15, -0.1) is 0 Å². The van der Waals surface area contributed by atoms with Crippen LogP contribution in [0.3, 0.4) is 0 Å². The average Bonchev–Trinajstić information content (AvgIpc) is 3.44. The average molecular weight is 324 g/mol. The zero-order valence-corrected chi connectivity index (χ0v) is 14.1. The minimum absolute atomic E-state index is 0.481. The zero-order chi connectivity index (χ0) is 16.4. The molecule has 5 heteroatoms. The van der Waals surface area contributed by atoms with Gasteiger partial charge in [-0.2, -0.15) is 0 Å². The first kappa shape index (κ1) is 15.4. The van der Waals surface area contributed by atoms with Crippen molar-refractivity contribution in [3.63, 3.8) is 0 Å². The summed E-state index contributed by atoms with van der Waals surface area (Å²) in [7, 11) is 1.71. The first-order chi connectivity index (χ1) is 11.8. The van der Waals surface area contributed by atoms with Gasteiger partial charge in [0.05, 0.1) is 7.11 Å². The van der Waals surface area contributed by atoms with E-state index in [0.717, 1.165) is 37.5 Å². The summed E-state index contributed by atoms with van der Waals surface area (Å²) in [6.07, 6.45) is 7.65. The highest BCUT2D eigenvalue weighted by atomic mass is 16.5. The molecule has 0 bridgehead atoms. The van der Waals surface area contributed by atoms with Gasteiger partial charge in [-0.25, -0.2) is 9.97 Å². The van der Waals surface area contributed by atoms with E-state index >= 15 is 0 Å². The molecule has 1 heterocycles. The molecule has 0 spiro atoms. The van der Waals surface area contributed by atoms with E-state index in [1.54, 1.807) is 7.11 Å². The van der Waals surface area contributed by atoms with E-state index in [2.05, 4.69) is 27.8 Å². The number of hydrogen-bond acceptors (Lipinski definition) is 5. The Bertz CT molecular complexity index is 714. The van der Waals surface area contributed by atoms with Crippen LogP contribution < -0.4 is 15.4 Å². The monoisotopic (exact) mass is 324 g/mol. The summed E-state index contributed by atoms with van der Waals surface area (Å²) >= 11 is 0. The van der Waals surface area contributed by atoms with Crippen LogP contribution in [0, 0.1) is 0 Å². The van der Waals surface area contributed by atoms with E-state index in [1.807, 2.05) is 18.3 Å². The number of nitrogens with zero attached hydrogens (tertiary/aromatic N) is 2. The molecule has 0 amide bonds. The van der Waals surface area contributed by atoms with E-state index in [1.165, 1.54) is 29.7 Å². The molecular weight excluding hydrogens is 300 g/mol. The fourth-order valence-corrected chi connectivity index (χ4v) is 3.21. The summed E-state index contributed by atoms with van der Waals surface area (Å²) in [5.41, 5.74) is 3.75. The first-order valence-corrected chi connectivity index (χ1v) is 8.78. The Morgan fingerprint density at radius 2 is 2.12 bits per heavy atom. The van der Waals surface area contributed by atoms with Gasteiger partial charge in [-0.1, -0.05) is 12.1 Å². The maximum absolute atomic E-state index is 5.29. The van der Waals surface area contributed by atoms with E-state index in [-0.39, 0.29) is 0 Å². The molecule has 2 aliphatic carbocycles. The number of aryl methyl sites for hydroxylation is 1. The van der Waals surface area contributed by atoms with E-state index in [9.17, 15) is 0 Å². The predicted octanol–water partition coefficient (Wildman–Crippen LogP) is 2.71. The quantitative estimate of drug-likeness (QED) is 0.855. The molecule has 2 aliphatic rings. The van der Waals surface area contributed by atoms with Crippen LogP contribution in [0.15, 0.2) is 30.5 Å². The van der Waals surface area contributed by atoms with E-state index in [4.69, 9.17) is 9.72 Å². The van der Waals surface area contributed by atoms with Gasteiger partial charge in [0.2, 0.25) is 5.95 Å². The van der Waals surface area contributed by atoms with Crippen molar-refractivity contribution in [3.05, 3.63) is 47.3 Å². The lowest BCUT2D eigenvalue weighted by atomic mass is 9.92. The number of benzene rings is 1. The Morgan fingerprint density at radius 1 is 1.21 bits per heavy atom. The van der Waals surface area contributed by atoms with Crippen LogP contribution in [-0.2, 0) is 19.4 Å². The van der Waals surface area contributed by atoms with Crippen molar-refractivity contribution in [1.82, 2.24) is 15.3 Å². The van der Waals surface area contributed by atoms with Crippen molar-refractivity contribution in [2.24, 2.45) is 0 Å². The zero-order valence-electron chi connectivity index (χ0n) is 14.1. The number of fused-ring (bicyclic) bond motifs is 1. The van der Waals surface area contributed by atoms with Crippen LogP contribution in [0.1, 0.15) is 36.1 Å². The standard InChI is InChI=1S/C19H24N4O/c1-24-17-4-2-3-13(9-17)11-20-16-7-8-18-14(10-16)12-21-19(23-18)22-15-5-6-15/h2-4,9,12,15-16,20H,5-8,10-11H2,1H3,(H,21,22,23)/t16-/m0/s1. The topological polar surface area (TPSA) is 59.1 Å². The molecule has 2 aromatic rings. The SMILES string of the molecule is COc1cccc(CN[C@H]2CCc3nc(NC4CC4)ncc3C2)c1. The van der Waals surface area contributed by atoms with Crippen LogP contribution in [0.4, 0.5) is 5.95 Å². The maximum Gasteiger partial charge on any atom is 0.223 e. The summed E-state index contributed by atoms with van der Waals surface area (Å²) in [6.45, 7) is 0.860. The molecule has 0 unspecified atom stereocenters. The smallest absolute Gasteiger partial charge is 0.223 e. The predicted molar refractivity (Wildman–Crippen MR) is 94.3 cm³/mol. The lowest BCUT2D eigenvalue weighted by Gasteiger charge is -2.25. The molecule has 0 aliphatic heterocycles. The Balaban J connectivity index is 1.35. The lowest BCUT2D eigenvalue weighted by molar-refractivity contribution is 0.413. The van der Waals surface area contributed by atoms with E-state index in [0.29, 0.717) is 12.1 Å². The Morgan fingerprint density at radius 3 is 2.96 bits per heavy atom. The van der Waals surface area contributed by atoms with Gasteiger partial charge in [0.1, 0.15) is 5.75 Å². The van der Waals surface area contributed by atoms with Crippen LogP contribution >= 0.6 is 0 Å². The number of rotatable bonds is 6. The highest BCUT2D eigenvalue weighted by Crippen LogP contribution is 2.25. The number of nitrogens with one attached hydrogen (secondary N) is 2. The normalized spacial score (nSPS) is 19.6. The van der Waals surface area contributed by atoms with Gasteiger partial charge in [0.25, 0.3) is 0 Å². The van der Waals surface area contributed by atoms with Crippen LogP contribution in [0.5, 0.6) is 5.75 Å². The third-order valence-corrected chi connectivity index (χ3v) is 4.79. The molecule has 4 rings (SSSR count). The van der Waals surface area contributed by atoms with Gasteiger partial charge >= 0.3 is 0 Å². The van der Waals surface area contributed by atoms with Crippen molar-refractivity contribution in [2.45, 2.75) is 50.7 Å². The molecule has 1 atom stereocenters. The maximum atomic E-state index is 5.29. The Labute approximate surface area is 142 Å². The van der Waals surface area contributed by atoms with Gasteiger partial charge in [-0.3, -0.25) is 0 Å². The van der Waals surface area contributed by atoms with Crippen molar-refractivity contribution in [1.29, 1.82) is 0 Å². The number of ether oxygens (including phenoxy) is 1. The van der Waals surface area contributed by atoms with Crippen LogP contribution in [0.25, 0.3) is 0 Å². The Kier molecular flexibility index (Phi) is 4.34. The summed E-state index contributed by atoms with van der Waals surface area (Å²) < 4.78 is 5.29. The summed E-state index contributed by atoms with van der Waals surface area (Å²) in [6, 6.07) is 9.31. The van der Waals surface area contributed by atoms with Gasteiger partial charge in [0.15, 0.2) is 0 Å². The molecular formula is C19H24N4O. The number of methoxy groups -OCH3 is 1. The lowest BCUT2D eigenvalue weighted by Crippen LogP contribution is -2.34. The number of aromatic nitrogens is 2. The molecule has 1 saturated carbocycles. The van der Waals surface area contributed by atoms with Crippen molar-refractivity contribution in [2.75, 3.05) is 12.4 Å². The second-order valence-corrected chi connectivity index (χ2v) is 6.76. The molecule has 1 fully saturated rings. The number of anilines is 1. The molecule has 24 heavy (non-hydrogen) atoms. The molecule has 0 radical (unpaired) electrons. The highest BCUT2D eigenvalue weighted by Gasteiger charge is 2.24. The molecule has 0 saturated heterocycles. The van der Waals surface area contributed by atoms with Gasteiger partial charge in [-0.05, 0) is 55.4 Å². The fraction of sp³-hybridized carbons (Fsp3) is 0.474. The first-order valence-electron chi connectivity index (χ1n) is 8.78. The second-order valence-electron chi connectivity index (χ2n) is 6.76. The van der Waals surface area contributed by atoms with Crippen molar-refractivity contribution in [3.8, 4) is 5.75 Å². The number of hydrogen-bond donors (Lipinski definition) is 2. The van der Waals surface area contributed by atoms with Crippen LogP contribution in [0.2, 0.25) is 0 Å². The summed E-state index contributed by atoms with van der Waals surface area (Å²) in [5.74, 6) is 1.71. The second kappa shape index (κ2) is 6.77. The molecule has 1 aromatic carbocycles. The minimum Gasteiger partial charge on any atom is -0.497 e. The summed E-state index contributed by atoms with van der Waals surface area (Å²) in [4.78, 5) is 9.18. The molecule has 1 aromatic heterocycles. The molecule has 2 N–H and O–H groups in total. The van der Waals surface area contributed by atoms with Gasteiger partial charge in [0, 0.05) is 30.5 Å². The van der Waals surface area contributed by atoms with Crippen LogP contribution in [-0.4, -0.2) is 29.2 Å². The fourth-order valence-electron chi connectivity index (χ4n) is 3.21. The van der Waals surface area contributed by atoms with Crippen molar-refractivity contribution >= 4 is 5.95 Å². The van der Waals surface area contributed by atoms with Crippen molar-refractivity contribution < 1.29 is 4.74 Å². The van der Waals surface area contributed by atoms with Gasteiger partial charge < -0.3 is 15.4 Å². The third-order valence-electron chi connectivity index (χ3n) is 4.79. The summed E-state index contributed by atoms with van der Waals surface area (Å²) in [5, 5.41) is 7.05.